The summed E-state index contributed by atoms with van der Waals surface area (Å²) < 4.78 is 5.32. The van der Waals surface area contributed by atoms with Gasteiger partial charge >= 0.3 is 0 Å². The number of hydrogen-bond donors (Lipinski definition) is 3. The maximum Gasteiger partial charge on any atom is 0.255 e. The predicted octanol–water partition coefficient (Wildman–Crippen LogP) is 1.78. The number of ether oxygens (including phenoxy) is 1. The fourth-order valence-corrected chi connectivity index (χ4v) is 3.52. The number of pyridine rings is 1. The second-order valence-electron chi connectivity index (χ2n) is 6.81. The molecule has 9 nitrogen and oxygen atoms in total. The summed E-state index contributed by atoms with van der Waals surface area (Å²) in [4.78, 5) is 38.0. The zero-order valence-corrected chi connectivity index (χ0v) is 18.1. The van der Waals surface area contributed by atoms with Gasteiger partial charge in [0.25, 0.3) is 5.56 Å². The van der Waals surface area contributed by atoms with Gasteiger partial charge in [-0.15, -0.1) is 0 Å². The van der Waals surface area contributed by atoms with Gasteiger partial charge in [0, 0.05) is 50.1 Å². The first-order valence-corrected chi connectivity index (χ1v) is 10.4. The molecule has 2 aromatic rings. The number of aromatic nitrogens is 3. The Bertz CT molecular complexity index is 946. The van der Waals surface area contributed by atoms with Gasteiger partial charge in [-0.1, -0.05) is 23.2 Å². The molecule has 0 aromatic carbocycles. The molecule has 2 aromatic heterocycles. The van der Waals surface area contributed by atoms with Crippen LogP contribution in [0.5, 0.6) is 0 Å². The van der Waals surface area contributed by atoms with E-state index >= 15 is 0 Å². The van der Waals surface area contributed by atoms with Crippen LogP contribution in [-0.2, 0) is 16.0 Å². The maximum absolute atomic E-state index is 12.5. The van der Waals surface area contributed by atoms with Crippen molar-refractivity contribution in [2.45, 2.75) is 19.8 Å². The van der Waals surface area contributed by atoms with E-state index in [9.17, 15) is 9.59 Å². The molecule has 3 N–H and O–H groups in total. The summed E-state index contributed by atoms with van der Waals surface area (Å²) in [5.74, 6) is 0.904. The first-order chi connectivity index (χ1) is 14.4. The Balaban J connectivity index is 1.45. The Morgan fingerprint density at radius 1 is 1.30 bits per heavy atom. The summed E-state index contributed by atoms with van der Waals surface area (Å²) in [6, 6.07) is 1.59. The monoisotopic (exact) mass is 454 g/mol. The molecule has 0 saturated carbocycles. The minimum absolute atomic E-state index is 0.150. The second kappa shape index (κ2) is 10.6. The average molecular weight is 455 g/mol. The van der Waals surface area contributed by atoms with Gasteiger partial charge in [-0.25, -0.2) is 9.97 Å². The number of nitrogens with one attached hydrogen (secondary N) is 3. The van der Waals surface area contributed by atoms with Crippen molar-refractivity contribution in [1.82, 2.24) is 20.3 Å². The van der Waals surface area contributed by atoms with Gasteiger partial charge in [-0.2, -0.15) is 0 Å². The van der Waals surface area contributed by atoms with Crippen LogP contribution in [0.2, 0.25) is 10.0 Å². The Morgan fingerprint density at radius 3 is 2.77 bits per heavy atom. The lowest BCUT2D eigenvalue weighted by Crippen LogP contribution is -2.38. The molecule has 0 aliphatic carbocycles. The van der Waals surface area contributed by atoms with Crippen LogP contribution in [0.3, 0.4) is 0 Å². The number of morpholine rings is 1. The number of hydrogen-bond acceptors (Lipinski definition) is 7. The molecule has 0 bridgehead atoms. The van der Waals surface area contributed by atoms with Crippen molar-refractivity contribution in [3.8, 4) is 0 Å². The van der Waals surface area contributed by atoms with Crippen LogP contribution in [-0.4, -0.2) is 60.3 Å². The molecule has 1 amide bonds. The highest BCUT2D eigenvalue weighted by Crippen LogP contribution is 2.22. The Morgan fingerprint density at radius 2 is 2.07 bits per heavy atom. The summed E-state index contributed by atoms with van der Waals surface area (Å²) in [5, 5.41) is 6.70. The number of halogens is 2. The van der Waals surface area contributed by atoms with Gasteiger partial charge in [0.05, 0.1) is 23.3 Å². The van der Waals surface area contributed by atoms with Crippen molar-refractivity contribution in [2.75, 3.05) is 49.6 Å². The van der Waals surface area contributed by atoms with E-state index < -0.39 is 0 Å². The van der Waals surface area contributed by atoms with Gasteiger partial charge in [-0.3, -0.25) is 14.6 Å². The van der Waals surface area contributed by atoms with Crippen molar-refractivity contribution < 1.29 is 9.53 Å². The molecular formula is C19H24Cl2N6O3. The maximum atomic E-state index is 12.5. The number of H-pyrrole nitrogens is 1. The third kappa shape index (κ3) is 6.07. The minimum Gasteiger partial charge on any atom is -0.378 e. The molecule has 3 heterocycles. The third-order valence-corrected chi connectivity index (χ3v) is 5.16. The fourth-order valence-electron chi connectivity index (χ4n) is 3.07. The molecule has 0 atom stereocenters. The number of carbonyl (C=O) groups excluding carboxylic acids is 1. The quantitative estimate of drug-likeness (QED) is 0.521. The molecule has 1 saturated heterocycles. The van der Waals surface area contributed by atoms with Crippen LogP contribution >= 0.6 is 23.2 Å². The van der Waals surface area contributed by atoms with E-state index in [1.54, 1.807) is 13.0 Å². The van der Waals surface area contributed by atoms with Crippen LogP contribution in [0.15, 0.2) is 17.1 Å². The number of amides is 1. The van der Waals surface area contributed by atoms with Gasteiger partial charge in [0.2, 0.25) is 11.9 Å². The van der Waals surface area contributed by atoms with Gasteiger partial charge in [0.15, 0.2) is 0 Å². The van der Waals surface area contributed by atoms with Crippen molar-refractivity contribution in [3.63, 3.8) is 0 Å². The number of anilines is 2. The summed E-state index contributed by atoms with van der Waals surface area (Å²) in [6.45, 7) is 5.24. The zero-order chi connectivity index (χ0) is 21.5. The lowest BCUT2D eigenvalue weighted by Gasteiger charge is -2.27. The largest absolute Gasteiger partial charge is 0.378 e. The summed E-state index contributed by atoms with van der Waals surface area (Å²) >= 11 is 11.8. The topological polar surface area (TPSA) is 112 Å². The molecule has 162 valence electrons. The number of aryl methyl sites for hydroxylation is 1. The van der Waals surface area contributed by atoms with E-state index in [1.165, 1.54) is 6.20 Å². The van der Waals surface area contributed by atoms with Crippen LogP contribution in [0.25, 0.3) is 0 Å². The highest BCUT2D eigenvalue weighted by molar-refractivity contribution is 6.35. The Hall–Kier alpha value is -2.36. The Kier molecular flexibility index (Phi) is 7.89. The van der Waals surface area contributed by atoms with E-state index in [4.69, 9.17) is 27.9 Å². The molecule has 11 heteroatoms. The predicted molar refractivity (Wildman–Crippen MR) is 117 cm³/mol. The van der Waals surface area contributed by atoms with Gasteiger partial charge in [0.1, 0.15) is 5.82 Å². The lowest BCUT2D eigenvalue weighted by molar-refractivity contribution is -0.120. The highest BCUT2D eigenvalue weighted by Gasteiger charge is 2.16. The molecule has 0 spiro atoms. The number of aromatic amines is 1. The molecule has 1 aliphatic heterocycles. The van der Waals surface area contributed by atoms with E-state index in [2.05, 4.69) is 25.6 Å². The normalized spacial score (nSPS) is 13.9. The first-order valence-electron chi connectivity index (χ1n) is 9.68. The SMILES string of the molecule is Cc1nc(N2CCOCC2)[nH]c(=O)c1CCC(=O)NCCNc1ncc(Cl)cc1Cl. The van der Waals surface area contributed by atoms with Crippen molar-refractivity contribution in [3.05, 3.63) is 43.9 Å². The van der Waals surface area contributed by atoms with E-state index in [0.717, 1.165) is 0 Å². The van der Waals surface area contributed by atoms with Crippen LogP contribution in [0.4, 0.5) is 11.8 Å². The highest BCUT2D eigenvalue weighted by atomic mass is 35.5. The third-order valence-electron chi connectivity index (χ3n) is 4.67. The fraction of sp³-hybridized carbons (Fsp3) is 0.474. The molecule has 0 radical (unpaired) electrons. The van der Waals surface area contributed by atoms with Crippen LogP contribution < -0.4 is 21.1 Å². The van der Waals surface area contributed by atoms with Crippen LogP contribution in [0.1, 0.15) is 17.7 Å². The number of carbonyl (C=O) groups is 1. The number of nitrogens with zero attached hydrogens (tertiary/aromatic N) is 3. The van der Waals surface area contributed by atoms with E-state index in [-0.39, 0.29) is 17.9 Å². The second-order valence-corrected chi connectivity index (χ2v) is 7.66. The molecule has 1 aliphatic rings. The smallest absolute Gasteiger partial charge is 0.255 e. The Labute approximate surface area is 184 Å². The standard InChI is InChI=1S/C19H24Cl2N6O3/c1-12-14(18(29)26-19(25-12)27-6-8-30-9-7-27)2-3-16(28)22-4-5-23-17-15(21)10-13(20)11-24-17/h10-11H,2-9H2,1H3,(H,22,28)(H,23,24)(H,25,26,29). The minimum atomic E-state index is -0.207. The molecule has 1 fully saturated rings. The zero-order valence-electron chi connectivity index (χ0n) is 16.6. The first kappa shape index (κ1) is 22.3. The number of rotatable bonds is 8. The van der Waals surface area contributed by atoms with Crippen molar-refractivity contribution in [2.24, 2.45) is 0 Å². The van der Waals surface area contributed by atoms with Gasteiger partial charge in [-0.05, 0) is 19.4 Å². The lowest BCUT2D eigenvalue weighted by atomic mass is 10.1. The average Bonchev–Trinajstić information content (AvgIpc) is 2.72. The molecular weight excluding hydrogens is 431 g/mol. The summed E-state index contributed by atoms with van der Waals surface area (Å²) in [5.41, 5.74) is 0.956. The van der Waals surface area contributed by atoms with E-state index in [0.29, 0.717) is 78.9 Å². The summed E-state index contributed by atoms with van der Waals surface area (Å²) in [7, 11) is 0. The summed E-state index contributed by atoms with van der Waals surface area (Å²) in [6.07, 6.45) is 2.01. The van der Waals surface area contributed by atoms with Crippen molar-refractivity contribution >= 4 is 40.9 Å². The molecule has 30 heavy (non-hydrogen) atoms. The molecule has 0 unspecified atom stereocenters. The molecule has 3 rings (SSSR count). The van der Waals surface area contributed by atoms with E-state index in [1.807, 2.05) is 4.90 Å². The van der Waals surface area contributed by atoms with Crippen molar-refractivity contribution in [1.29, 1.82) is 0 Å². The van der Waals surface area contributed by atoms with Crippen LogP contribution in [0, 0.1) is 6.92 Å². The van der Waals surface area contributed by atoms with Gasteiger partial charge < -0.3 is 20.3 Å².